The molecule has 0 heterocycles. The molecule has 1 aromatic carbocycles. The fourth-order valence-electron chi connectivity index (χ4n) is 1.21. The lowest BCUT2D eigenvalue weighted by Crippen LogP contribution is -2.20. The van der Waals surface area contributed by atoms with Gasteiger partial charge in [0.1, 0.15) is 0 Å². The molecule has 18 heavy (non-hydrogen) atoms. The number of hydrogen-bond acceptors (Lipinski definition) is 4. The molecule has 2 N–H and O–H groups in total. The summed E-state index contributed by atoms with van der Waals surface area (Å²) in [5.41, 5.74) is 0.0750. The van der Waals surface area contributed by atoms with E-state index in [1.165, 1.54) is 25.1 Å². The molecule has 6 nitrogen and oxygen atoms in total. The summed E-state index contributed by atoms with van der Waals surface area (Å²) < 4.78 is 0. The third-order valence-corrected chi connectivity index (χ3v) is 2.03. The minimum atomic E-state index is -0.669. The molecular weight excluding hydrogens is 236 g/mol. The molecule has 0 aliphatic rings. The SMILES string of the molecule is CC(=O)NCCC#Cc1ccc(O)c([N+](=O)[O-])c1. The minimum Gasteiger partial charge on any atom is -0.502 e. The summed E-state index contributed by atoms with van der Waals surface area (Å²) in [7, 11) is 0. The Morgan fingerprint density at radius 1 is 1.56 bits per heavy atom. The number of benzene rings is 1. The normalized spacial score (nSPS) is 9.17. The molecule has 0 fully saturated rings. The van der Waals surface area contributed by atoms with Gasteiger partial charge in [0.15, 0.2) is 5.75 Å². The van der Waals surface area contributed by atoms with Crippen molar-refractivity contribution in [3.8, 4) is 17.6 Å². The number of phenolic OH excluding ortho intramolecular Hbond substituents is 1. The number of nitrogens with zero attached hydrogens (tertiary/aromatic N) is 1. The number of phenols is 1. The topological polar surface area (TPSA) is 92.5 Å². The average molecular weight is 248 g/mol. The molecule has 1 amide bonds. The summed E-state index contributed by atoms with van der Waals surface area (Å²) in [5, 5.41) is 22.4. The molecule has 0 atom stereocenters. The molecule has 0 spiro atoms. The van der Waals surface area contributed by atoms with Gasteiger partial charge in [0.05, 0.1) is 4.92 Å². The summed E-state index contributed by atoms with van der Waals surface area (Å²) in [4.78, 5) is 20.5. The highest BCUT2D eigenvalue weighted by Gasteiger charge is 2.12. The van der Waals surface area contributed by atoms with Gasteiger partial charge in [0.2, 0.25) is 5.91 Å². The Bertz CT molecular complexity index is 529. The van der Waals surface area contributed by atoms with Crippen LogP contribution >= 0.6 is 0 Å². The second-order valence-corrected chi connectivity index (χ2v) is 3.50. The van der Waals surface area contributed by atoms with E-state index in [1.54, 1.807) is 0 Å². The summed E-state index contributed by atoms with van der Waals surface area (Å²) >= 11 is 0. The molecule has 6 heteroatoms. The second kappa shape index (κ2) is 6.25. The first-order valence-electron chi connectivity index (χ1n) is 5.21. The van der Waals surface area contributed by atoms with E-state index in [0.29, 0.717) is 18.5 Å². The van der Waals surface area contributed by atoms with Crippen LogP contribution in [0.1, 0.15) is 18.9 Å². The van der Waals surface area contributed by atoms with Crippen molar-refractivity contribution < 1.29 is 14.8 Å². The third-order valence-electron chi connectivity index (χ3n) is 2.03. The Balaban J connectivity index is 2.68. The molecule has 0 radical (unpaired) electrons. The van der Waals surface area contributed by atoms with Crippen LogP contribution in [0.3, 0.4) is 0 Å². The van der Waals surface area contributed by atoms with Gasteiger partial charge in [-0.2, -0.15) is 0 Å². The molecule has 0 aliphatic heterocycles. The Labute approximate surface area is 104 Å². The maximum absolute atomic E-state index is 10.6. The zero-order valence-electron chi connectivity index (χ0n) is 9.77. The van der Waals surface area contributed by atoms with E-state index in [2.05, 4.69) is 17.2 Å². The lowest BCUT2D eigenvalue weighted by molar-refractivity contribution is -0.385. The molecule has 1 aromatic rings. The van der Waals surface area contributed by atoms with Crippen LogP contribution in [0.4, 0.5) is 5.69 Å². The fourth-order valence-corrected chi connectivity index (χ4v) is 1.21. The Kier molecular flexibility index (Phi) is 4.69. The maximum atomic E-state index is 10.6. The van der Waals surface area contributed by atoms with Crippen LogP contribution in [-0.4, -0.2) is 22.5 Å². The first kappa shape index (κ1) is 13.5. The van der Waals surface area contributed by atoms with E-state index < -0.39 is 4.92 Å². The lowest BCUT2D eigenvalue weighted by Gasteiger charge is -1.96. The number of aromatic hydroxyl groups is 1. The number of rotatable bonds is 3. The van der Waals surface area contributed by atoms with Gasteiger partial charge in [0, 0.05) is 31.5 Å². The summed E-state index contributed by atoms with van der Waals surface area (Å²) in [5.74, 6) is 4.98. The van der Waals surface area contributed by atoms with Crippen molar-refractivity contribution in [1.29, 1.82) is 0 Å². The van der Waals surface area contributed by atoms with Crippen LogP contribution in [0.15, 0.2) is 18.2 Å². The molecule has 1 rings (SSSR count). The van der Waals surface area contributed by atoms with Crippen LogP contribution in [-0.2, 0) is 4.79 Å². The van der Waals surface area contributed by atoms with E-state index in [4.69, 9.17) is 0 Å². The van der Waals surface area contributed by atoms with Gasteiger partial charge < -0.3 is 10.4 Å². The number of amides is 1. The zero-order chi connectivity index (χ0) is 13.5. The summed E-state index contributed by atoms with van der Waals surface area (Å²) in [6.07, 6.45) is 0.453. The predicted molar refractivity (Wildman–Crippen MR) is 64.9 cm³/mol. The molecule has 0 unspecified atom stereocenters. The highest BCUT2D eigenvalue weighted by atomic mass is 16.6. The van der Waals surface area contributed by atoms with Crippen LogP contribution in [0.5, 0.6) is 5.75 Å². The highest BCUT2D eigenvalue weighted by Crippen LogP contribution is 2.25. The zero-order valence-corrected chi connectivity index (χ0v) is 9.77. The first-order chi connectivity index (χ1) is 8.50. The molecular formula is C12H12N2O4. The molecule has 0 aliphatic carbocycles. The maximum Gasteiger partial charge on any atom is 0.311 e. The number of carbonyl (C=O) groups is 1. The van der Waals surface area contributed by atoms with Crippen LogP contribution in [0.2, 0.25) is 0 Å². The molecule has 0 aromatic heterocycles. The van der Waals surface area contributed by atoms with Gasteiger partial charge in [-0.1, -0.05) is 11.8 Å². The molecule has 0 saturated carbocycles. The number of carbonyl (C=O) groups excluding carboxylic acids is 1. The van der Waals surface area contributed by atoms with Crippen LogP contribution < -0.4 is 5.32 Å². The predicted octanol–water partition coefficient (Wildman–Crippen LogP) is 1.18. The molecule has 0 bridgehead atoms. The van der Waals surface area contributed by atoms with Gasteiger partial charge in [-0.25, -0.2) is 0 Å². The smallest absolute Gasteiger partial charge is 0.311 e. The van der Waals surface area contributed by atoms with E-state index in [1.807, 2.05) is 0 Å². The minimum absolute atomic E-state index is 0.128. The second-order valence-electron chi connectivity index (χ2n) is 3.50. The van der Waals surface area contributed by atoms with Crippen molar-refractivity contribution in [1.82, 2.24) is 5.32 Å². The molecule has 0 saturated heterocycles. The van der Waals surface area contributed by atoms with Crippen LogP contribution in [0, 0.1) is 22.0 Å². The largest absolute Gasteiger partial charge is 0.502 e. The van der Waals surface area contributed by atoms with E-state index >= 15 is 0 Å². The fraction of sp³-hybridized carbons (Fsp3) is 0.250. The van der Waals surface area contributed by atoms with E-state index in [-0.39, 0.29) is 17.3 Å². The lowest BCUT2D eigenvalue weighted by atomic mass is 10.2. The summed E-state index contributed by atoms with van der Waals surface area (Å²) in [6, 6.07) is 3.93. The number of nitrogens with one attached hydrogen (secondary N) is 1. The quantitative estimate of drug-likeness (QED) is 0.363. The number of nitro benzene ring substituents is 1. The first-order valence-corrected chi connectivity index (χ1v) is 5.21. The van der Waals surface area contributed by atoms with E-state index in [0.717, 1.165) is 0 Å². The van der Waals surface area contributed by atoms with Crippen molar-refractivity contribution in [3.63, 3.8) is 0 Å². The van der Waals surface area contributed by atoms with Gasteiger partial charge in [-0.15, -0.1) is 0 Å². The third kappa shape index (κ3) is 4.14. The Morgan fingerprint density at radius 3 is 2.89 bits per heavy atom. The average Bonchev–Trinajstić information content (AvgIpc) is 2.30. The monoisotopic (exact) mass is 248 g/mol. The van der Waals surface area contributed by atoms with Crippen molar-refractivity contribution >= 4 is 11.6 Å². The van der Waals surface area contributed by atoms with Gasteiger partial charge in [0.25, 0.3) is 0 Å². The van der Waals surface area contributed by atoms with Crippen molar-refractivity contribution in [2.45, 2.75) is 13.3 Å². The van der Waals surface area contributed by atoms with Gasteiger partial charge >= 0.3 is 5.69 Å². The summed E-state index contributed by atoms with van der Waals surface area (Å²) in [6.45, 7) is 1.85. The van der Waals surface area contributed by atoms with Crippen LogP contribution in [0.25, 0.3) is 0 Å². The highest BCUT2D eigenvalue weighted by molar-refractivity contribution is 5.72. The van der Waals surface area contributed by atoms with Crippen molar-refractivity contribution in [2.24, 2.45) is 0 Å². The van der Waals surface area contributed by atoms with Gasteiger partial charge in [-0.3, -0.25) is 14.9 Å². The number of nitro groups is 1. The Morgan fingerprint density at radius 2 is 2.28 bits per heavy atom. The Hall–Kier alpha value is -2.55. The standard InChI is InChI=1S/C12H12N2O4/c1-9(15)13-7-3-2-4-10-5-6-12(16)11(8-10)14(17)18/h5-6,8,16H,3,7H2,1H3,(H,13,15). The van der Waals surface area contributed by atoms with Crippen molar-refractivity contribution in [3.05, 3.63) is 33.9 Å². The van der Waals surface area contributed by atoms with Gasteiger partial charge in [-0.05, 0) is 12.1 Å². The van der Waals surface area contributed by atoms with Crippen molar-refractivity contribution in [2.75, 3.05) is 6.54 Å². The molecule has 94 valence electrons. The van der Waals surface area contributed by atoms with E-state index in [9.17, 15) is 20.0 Å². The number of hydrogen-bond donors (Lipinski definition) is 2.